The first-order chi connectivity index (χ1) is 8.15. The molecule has 0 atom stereocenters. The van der Waals surface area contributed by atoms with Crippen molar-refractivity contribution in [3.05, 3.63) is 22.6 Å². The summed E-state index contributed by atoms with van der Waals surface area (Å²) in [7, 11) is 1.59. The highest BCUT2D eigenvalue weighted by Crippen LogP contribution is 2.19. The molecule has 0 unspecified atom stereocenters. The van der Waals surface area contributed by atoms with Crippen molar-refractivity contribution in [1.82, 2.24) is 19.9 Å². The summed E-state index contributed by atoms with van der Waals surface area (Å²) in [5.41, 5.74) is 1.38. The second-order valence-electron chi connectivity index (χ2n) is 3.42. The predicted molar refractivity (Wildman–Crippen MR) is 68.9 cm³/mol. The molecule has 7 heteroatoms. The predicted octanol–water partition coefficient (Wildman–Crippen LogP) is 1.68. The van der Waals surface area contributed by atoms with E-state index in [1.807, 2.05) is 6.07 Å². The van der Waals surface area contributed by atoms with Gasteiger partial charge in [0.1, 0.15) is 17.9 Å². The zero-order valence-electron chi connectivity index (χ0n) is 9.07. The second kappa shape index (κ2) is 5.01. The monoisotopic (exact) mass is 316 g/mol. The van der Waals surface area contributed by atoms with Crippen LogP contribution in [0.4, 0.5) is 0 Å². The zero-order chi connectivity index (χ0) is 12.4. The summed E-state index contributed by atoms with van der Waals surface area (Å²) < 4.78 is 2.56. The van der Waals surface area contributed by atoms with Gasteiger partial charge in [-0.2, -0.15) is 0 Å². The molecule has 0 saturated heterocycles. The van der Waals surface area contributed by atoms with Gasteiger partial charge >= 0.3 is 0 Å². The first kappa shape index (κ1) is 12.3. The van der Waals surface area contributed by atoms with E-state index in [1.54, 1.807) is 17.8 Å². The number of aromatic nitrogens is 3. The van der Waals surface area contributed by atoms with Crippen molar-refractivity contribution in [2.45, 2.75) is 12.4 Å². The van der Waals surface area contributed by atoms with Crippen molar-refractivity contribution in [2.24, 2.45) is 0 Å². The summed E-state index contributed by atoms with van der Waals surface area (Å²) in [5.74, 6) is 0.765. The number of nitrogens with zero attached hydrogens (tertiary/aromatic N) is 3. The number of nitrogens with one attached hydrogen (secondary N) is 1. The van der Waals surface area contributed by atoms with E-state index in [4.69, 9.17) is 11.6 Å². The Kier molecular flexibility index (Phi) is 3.63. The SMILES string of the molecule is CNC(=O)Cn1c(CCl)nc2cc(Br)cnc21. The largest absolute Gasteiger partial charge is 0.358 e. The van der Waals surface area contributed by atoms with Crippen LogP contribution in [0.15, 0.2) is 16.7 Å². The second-order valence-corrected chi connectivity index (χ2v) is 4.60. The van der Waals surface area contributed by atoms with Gasteiger partial charge in [-0.15, -0.1) is 11.6 Å². The molecular formula is C10H10BrClN4O. The van der Waals surface area contributed by atoms with Crippen LogP contribution in [0.3, 0.4) is 0 Å². The van der Waals surface area contributed by atoms with Crippen molar-refractivity contribution in [2.75, 3.05) is 7.05 Å². The van der Waals surface area contributed by atoms with Gasteiger partial charge < -0.3 is 9.88 Å². The maximum Gasteiger partial charge on any atom is 0.239 e. The lowest BCUT2D eigenvalue weighted by Crippen LogP contribution is -2.24. The van der Waals surface area contributed by atoms with Crippen molar-refractivity contribution < 1.29 is 4.79 Å². The third kappa shape index (κ3) is 2.42. The van der Waals surface area contributed by atoms with E-state index in [0.717, 1.165) is 9.99 Å². The number of halogens is 2. The summed E-state index contributed by atoms with van der Waals surface area (Å²) in [6.07, 6.45) is 1.67. The number of fused-ring (bicyclic) bond motifs is 1. The molecule has 0 aliphatic rings. The average molecular weight is 318 g/mol. The van der Waals surface area contributed by atoms with Gasteiger partial charge in [-0.1, -0.05) is 0 Å². The van der Waals surface area contributed by atoms with E-state index in [0.29, 0.717) is 11.5 Å². The Morgan fingerprint density at radius 3 is 3.06 bits per heavy atom. The number of amides is 1. The molecule has 2 aromatic rings. The molecule has 0 aromatic carbocycles. The number of carbonyl (C=O) groups excluding carboxylic acids is 1. The Bertz CT molecular complexity index is 569. The molecule has 2 rings (SSSR count). The smallest absolute Gasteiger partial charge is 0.239 e. The highest BCUT2D eigenvalue weighted by molar-refractivity contribution is 9.10. The minimum absolute atomic E-state index is 0.111. The molecule has 1 amide bonds. The van der Waals surface area contributed by atoms with Crippen molar-refractivity contribution in [3.8, 4) is 0 Å². The van der Waals surface area contributed by atoms with Crippen LogP contribution in [0.5, 0.6) is 0 Å². The fourth-order valence-corrected chi connectivity index (χ4v) is 2.05. The fourth-order valence-electron chi connectivity index (χ4n) is 1.52. The van der Waals surface area contributed by atoms with Gasteiger partial charge in [0, 0.05) is 17.7 Å². The van der Waals surface area contributed by atoms with Gasteiger partial charge in [0.05, 0.1) is 5.88 Å². The summed E-state index contributed by atoms with van der Waals surface area (Å²) in [6, 6.07) is 1.85. The van der Waals surface area contributed by atoms with Crippen molar-refractivity contribution in [1.29, 1.82) is 0 Å². The molecule has 0 radical (unpaired) electrons. The summed E-state index contributed by atoms with van der Waals surface area (Å²) in [6.45, 7) is 0.170. The van der Waals surface area contributed by atoms with Crippen LogP contribution < -0.4 is 5.32 Å². The van der Waals surface area contributed by atoms with Crippen molar-refractivity contribution in [3.63, 3.8) is 0 Å². The maximum absolute atomic E-state index is 11.4. The van der Waals surface area contributed by atoms with Gasteiger partial charge in [-0.3, -0.25) is 4.79 Å². The average Bonchev–Trinajstić information content (AvgIpc) is 2.66. The molecule has 2 aromatic heterocycles. The molecule has 2 heterocycles. The van der Waals surface area contributed by atoms with E-state index >= 15 is 0 Å². The highest BCUT2D eigenvalue weighted by atomic mass is 79.9. The van der Waals surface area contributed by atoms with Gasteiger partial charge in [-0.25, -0.2) is 9.97 Å². The quantitative estimate of drug-likeness (QED) is 0.876. The molecule has 0 fully saturated rings. The number of alkyl halides is 1. The Morgan fingerprint density at radius 1 is 1.65 bits per heavy atom. The molecule has 17 heavy (non-hydrogen) atoms. The minimum Gasteiger partial charge on any atom is -0.358 e. The zero-order valence-corrected chi connectivity index (χ0v) is 11.4. The number of hydrogen-bond acceptors (Lipinski definition) is 3. The Hall–Kier alpha value is -1.14. The standard InChI is InChI=1S/C10H10BrClN4O/c1-13-9(17)5-16-8(3-12)15-7-2-6(11)4-14-10(7)16/h2,4H,3,5H2,1H3,(H,13,17). The topological polar surface area (TPSA) is 59.8 Å². The number of rotatable bonds is 3. The third-order valence-electron chi connectivity index (χ3n) is 2.33. The molecule has 0 bridgehead atoms. The Labute approximate surface area is 111 Å². The molecule has 90 valence electrons. The number of imidazole rings is 1. The maximum atomic E-state index is 11.4. The van der Waals surface area contributed by atoms with Crippen LogP contribution in [0.25, 0.3) is 11.2 Å². The first-order valence-electron chi connectivity index (χ1n) is 4.93. The van der Waals surface area contributed by atoms with Crippen LogP contribution in [0.1, 0.15) is 5.82 Å². The first-order valence-corrected chi connectivity index (χ1v) is 6.25. The normalized spacial score (nSPS) is 10.8. The van der Waals surface area contributed by atoms with Gasteiger partial charge in [0.25, 0.3) is 0 Å². The van der Waals surface area contributed by atoms with E-state index < -0.39 is 0 Å². The van der Waals surface area contributed by atoms with Crippen LogP contribution in [0.2, 0.25) is 0 Å². The third-order valence-corrected chi connectivity index (χ3v) is 3.00. The lowest BCUT2D eigenvalue weighted by atomic mass is 10.4. The number of likely N-dealkylation sites (N-methyl/N-ethyl adjacent to an activating group) is 1. The molecule has 1 N–H and O–H groups in total. The molecule has 5 nitrogen and oxygen atoms in total. The van der Waals surface area contributed by atoms with Crippen molar-refractivity contribution >= 4 is 44.6 Å². The van der Waals surface area contributed by atoms with E-state index in [2.05, 4.69) is 31.2 Å². The molecule has 0 saturated carbocycles. The van der Waals surface area contributed by atoms with E-state index in [9.17, 15) is 4.79 Å². The Morgan fingerprint density at radius 2 is 2.41 bits per heavy atom. The molecule has 0 spiro atoms. The molecule has 0 aliphatic carbocycles. The summed E-state index contributed by atoms with van der Waals surface area (Å²) in [4.78, 5) is 20.0. The van der Waals surface area contributed by atoms with Crippen LogP contribution >= 0.6 is 27.5 Å². The van der Waals surface area contributed by atoms with Crippen LogP contribution in [-0.2, 0) is 17.2 Å². The lowest BCUT2D eigenvalue weighted by molar-refractivity contribution is -0.121. The van der Waals surface area contributed by atoms with Crippen LogP contribution in [-0.4, -0.2) is 27.5 Å². The fraction of sp³-hybridized carbons (Fsp3) is 0.300. The highest BCUT2D eigenvalue weighted by Gasteiger charge is 2.13. The van der Waals surface area contributed by atoms with E-state index in [-0.39, 0.29) is 18.3 Å². The Balaban J connectivity index is 2.54. The van der Waals surface area contributed by atoms with Gasteiger partial charge in [-0.05, 0) is 22.0 Å². The van der Waals surface area contributed by atoms with Gasteiger partial charge in [0.2, 0.25) is 5.91 Å². The molecule has 0 aliphatic heterocycles. The minimum atomic E-state index is -0.111. The summed E-state index contributed by atoms with van der Waals surface area (Å²) in [5, 5.41) is 2.56. The molecular weight excluding hydrogens is 307 g/mol. The van der Waals surface area contributed by atoms with Crippen LogP contribution in [0, 0.1) is 0 Å². The number of pyridine rings is 1. The number of hydrogen-bond donors (Lipinski definition) is 1. The van der Waals surface area contributed by atoms with Gasteiger partial charge in [0.15, 0.2) is 5.65 Å². The number of carbonyl (C=O) groups is 1. The summed E-state index contributed by atoms with van der Waals surface area (Å²) >= 11 is 9.14. The van der Waals surface area contributed by atoms with E-state index in [1.165, 1.54) is 0 Å². The lowest BCUT2D eigenvalue weighted by Gasteiger charge is -2.05.